The summed E-state index contributed by atoms with van der Waals surface area (Å²) in [6.07, 6.45) is 2.63. The van der Waals surface area contributed by atoms with Crippen LogP contribution in [0.25, 0.3) is 0 Å². The number of amides is 1. The van der Waals surface area contributed by atoms with E-state index < -0.39 is 11.6 Å². The fourth-order valence-electron chi connectivity index (χ4n) is 5.25. The lowest BCUT2D eigenvalue weighted by Crippen LogP contribution is -2.51. The zero-order valence-electron chi connectivity index (χ0n) is 20.1. The van der Waals surface area contributed by atoms with E-state index in [-0.39, 0.29) is 35.3 Å². The normalized spacial score (nSPS) is 28.0. The van der Waals surface area contributed by atoms with Gasteiger partial charge in [-0.3, -0.25) is 4.79 Å². The van der Waals surface area contributed by atoms with Crippen LogP contribution < -0.4 is 16.4 Å². The first-order valence-electron chi connectivity index (χ1n) is 11.9. The lowest BCUT2D eigenvalue weighted by Gasteiger charge is -2.39. The molecule has 5 nitrogen and oxygen atoms in total. The Balaban J connectivity index is 1.78. The van der Waals surface area contributed by atoms with Crippen LogP contribution in [0.5, 0.6) is 0 Å². The molecule has 1 amide bonds. The van der Waals surface area contributed by atoms with Crippen molar-refractivity contribution in [1.82, 2.24) is 10.6 Å². The molecule has 1 saturated heterocycles. The van der Waals surface area contributed by atoms with Gasteiger partial charge in [0, 0.05) is 34.0 Å². The number of hydrogen-bond donors (Lipinski definition) is 4. The zero-order chi connectivity index (χ0) is 24.7. The third kappa shape index (κ3) is 5.14. The van der Waals surface area contributed by atoms with Gasteiger partial charge >= 0.3 is 0 Å². The second-order valence-electron chi connectivity index (χ2n) is 11.3. The minimum atomic E-state index is -0.876. The molecule has 7 heteroatoms. The zero-order valence-corrected chi connectivity index (χ0v) is 21.6. The molecule has 1 aliphatic heterocycles. The van der Waals surface area contributed by atoms with Crippen LogP contribution in [0.4, 0.5) is 0 Å². The quantitative estimate of drug-likeness (QED) is 0.444. The minimum Gasteiger partial charge on any atom is -0.396 e. The summed E-state index contributed by atoms with van der Waals surface area (Å²) in [4.78, 5) is 13.6. The number of hydrogen-bond acceptors (Lipinski definition) is 4. The summed E-state index contributed by atoms with van der Waals surface area (Å²) in [6, 6.07) is 14.5. The van der Waals surface area contributed by atoms with E-state index in [0.717, 1.165) is 30.4 Å². The summed E-state index contributed by atoms with van der Waals surface area (Å²) in [6.45, 7) is 7.08. The molecule has 0 unspecified atom stereocenters. The first-order chi connectivity index (χ1) is 16.0. The molecular formula is C27H35Cl2N3O2. The average Bonchev–Trinajstić information content (AvgIpc) is 3.50. The van der Waals surface area contributed by atoms with E-state index in [2.05, 4.69) is 31.4 Å². The number of halogens is 2. The van der Waals surface area contributed by atoms with Gasteiger partial charge in [-0.15, -0.1) is 0 Å². The summed E-state index contributed by atoms with van der Waals surface area (Å²) in [5.74, 6) is -0.464. The molecule has 1 saturated carbocycles. The molecule has 4 atom stereocenters. The maximum Gasteiger partial charge on any atom is 0.237 e. The number of rotatable bonds is 7. The second-order valence-corrected chi connectivity index (χ2v) is 12.2. The van der Waals surface area contributed by atoms with E-state index in [0.29, 0.717) is 16.6 Å². The van der Waals surface area contributed by atoms with Gasteiger partial charge in [-0.25, -0.2) is 0 Å². The third-order valence-corrected chi connectivity index (χ3v) is 7.87. The summed E-state index contributed by atoms with van der Waals surface area (Å²) in [7, 11) is 0. The molecular weight excluding hydrogens is 469 g/mol. The van der Waals surface area contributed by atoms with Crippen molar-refractivity contribution in [3.05, 3.63) is 69.7 Å². The number of nitrogens with two attached hydrogens (primary N) is 1. The lowest BCUT2D eigenvalue weighted by atomic mass is 9.68. The van der Waals surface area contributed by atoms with Gasteiger partial charge in [-0.1, -0.05) is 68.2 Å². The Morgan fingerprint density at radius 3 is 2.38 bits per heavy atom. The third-order valence-electron chi connectivity index (χ3n) is 7.39. The molecule has 5 N–H and O–H groups in total. The van der Waals surface area contributed by atoms with Crippen LogP contribution in [0, 0.1) is 10.8 Å². The molecule has 1 heterocycles. The Morgan fingerprint density at radius 2 is 1.82 bits per heavy atom. The average molecular weight is 505 g/mol. The van der Waals surface area contributed by atoms with Crippen LogP contribution in [0.2, 0.25) is 10.0 Å². The predicted molar refractivity (Wildman–Crippen MR) is 138 cm³/mol. The largest absolute Gasteiger partial charge is 0.396 e. The summed E-state index contributed by atoms with van der Waals surface area (Å²) < 4.78 is 0. The van der Waals surface area contributed by atoms with Crippen molar-refractivity contribution in [3.8, 4) is 0 Å². The molecule has 2 fully saturated rings. The molecule has 0 aromatic heterocycles. The SMILES string of the molecule is CC(C)(C)C[C@@H]1N[C@@H](C(=O)NCC2(CO)CC2)[C@H](c2cccc(Cl)c2)[C@@]1(N)c1ccc(Cl)cc1. The van der Waals surface area contributed by atoms with Gasteiger partial charge in [0.05, 0.1) is 18.2 Å². The smallest absolute Gasteiger partial charge is 0.237 e. The Morgan fingerprint density at radius 1 is 1.15 bits per heavy atom. The molecule has 0 radical (unpaired) electrons. The highest BCUT2D eigenvalue weighted by molar-refractivity contribution is 6.30. The van der Waals surface area contributed by atoms with E-state index in [4.69, 9.17) is 28.9 Å². The van der Waals surface area contributed by atoms with Gasteiger partial charge in [0.2, 0.25) is 5.91 Å². The number of aliphatic hydroxyl groups is 1. The fourth-order valence-corrected chi connectivity index (χ4v) is 5.58. The maximum atomic E-state index is 13.6. The number of nitrogens with one attached hydrogen (secondary N) is 2. The van der Waals surface area contributed by atoms with Gasteiger partial charge in [0.15, 0.2) is 0 Å². The van der Waals surface area contributed by atoms with Crippen LogP contribution in [0.3, 0.4) is 0 Å². The van der Waals surface area contributed by atoms with Crippen LogP contribution in [-0.2, 0) is 10.3 Å². The molecule has 0 spiro atoms. The summed E-state index contributed by atoms with van der Waals surface area (Å²) in [5, 5.41) is 17.7. The lowest BCUT2D eigenvalue weighted by molar-refractivity contribution is -0.123. The van der Waals surface area contributed by atoms with Crippen molar-refractivity contribution >= 4 is 29.1 Å². The van der Waals surface area contributed by atoms with Gasteiger partial charge in [0.1, 0.15) is 0 Å². The van der Waals surface area contributed by atoms with Gasteiger partial charge < -0.3 is 21.5 Å². The van der Waals surface area contributed by atoms with E-state index >= 15 is 0 Å². The van der Waals surface area contributed by atoms with Gasteiger partial charge in [0.25, 0.3) is 0 Å². The van der Waals surface area contributed by atoms with Gasteiger partial charge in [-0.2, -0.15) is 0 Å². The highest BCUT2D eigenvalue weighted by atomic mass is 35.5. The molecule has 184 valence electrons. The predicted octanol–water partition coefficient (Wildman–Crippen LogP) is 4.60. The van der Waals surface area contributed by atoms with Crippen molar-refractivity contribution in [2.45, 2.75) is 63.6 Å². The Labute approximate surface area is 212 Å². The first kappa shape index (κ1) is 25.5. The van der Waals surface area contributed by atoms with Crippen LogP contribution >= 0.6 is 23.2 Å². The Kier molecular flexibility index (Phi) is 7.07. The highest BCUT2D eigenvalue weighted by Gasteiger charge is 2.57. The molecule has 0 bridgehead atoms. The van der Waals surface area contributed by atoms with E-state index in [1.165, 1.54) is 0 Å². The van der Waals surface area contributed by atoms with Crippen molar-refractivity contribution in [2.75, 3.05) is 13.2 Å². The maximum absolute atomic E-state index is 13.6. The highest BCUT2D eigenvalue weighted by Crippen LogP contribution is 2.49. The fraction of sp³-hybridized carbons (Fsp3) is 0.519. The molecule has 2 aromatic carbocycles. The summed E-state index contributed by atoms with van der Waals surface area (Å²) in [5.41, 5.74) is 8.15. The Bertz CT molecular complexity index is 1030. The number of carbonyl (C=O) groups excluding carboxylic acids is 1. The Hall–Kier alpha value is -1.63. The standard InChI is InChI=1S/C27H35Cl2N3O2/c1-25(2,3)14-21-27(30,18-7-9-19(28)10-8-18)22(17-5-4-6-20(29)13-17)23(32-21)24(34)31-15-26(16-33)11-12-26/h4-10,13,21-23,32-33H,11-12,14-16,30H2,1-3H3,(H,31,34)/t21-,22-,23+,27+/m0/s1. The van der Waals surface area contributed by atoms with E-state index in [9.17, 15) is 9.90 Å². The van der Waals surface area contributed by atoms with Crippen molar-refractivity contribution in [2.24, 2.45) is 16.6 Å². The van der Waals surface area contributed by atoms with E-state index in [1.54, 1.807) is 0 Å². The molecule has 1 aliphatic carbocycles. The molecule has 4 rings (SSSR count). The number of carbonyl (C=O) groups is 1. The monoisotopic (exact) mass is 503 g/mol. The van der Waals surface area contributed by atoms with Gasteiger partial charge in [-0.05, 0) is 60.1 Å². The minimum absolute atomic E-state index is 0.0199. The van der Waals surface area contributed by atoms with Crippen molar-refractivity contribution < 1.29 is 9.90 Å². The topological polar surface area (TPSA) is 87.4 Å². The van der Waals surface area contributed by atoms with Crippen molar-refractivity contribution in [3.63, 3.8) is 0 Å². The molecule has 2 aromatic rings. The van der Waals surface area contributed by atoms with Crippen molar-refractivity contribution in [1.29, 1.82) is 0 Å². The summed E-state index contributed by atoms with van der Waals surface area (Å²) >= 11 is 12.6. The molecule has 34 heavy (non-hydrogen) atoms. The number of aliphatic hydroxyl groups excluding tert-OH is 1. The van der Waals surface area contributed by atoms with E-state index in [1.807, 2.05) is 48.5 Å². The number of benzene rings is 2. The first-order valence-corrected chi connectivity index (χ1v) is 12.7. The van der Waals surface area contributed by atoms with Crippen LogP contribution in [-0.4, -0.2) is 36.2 Å². The van der Waals surface area contributed by atoms with Crippen LogP contribution in [0.15, 0.2) is 48.5 Å². The van der Waals surface area contributed by atoms with Crippen LogP contribution in [0.1, 0.15) is 57.1 Å². The molecule has 2 aliphatic rings. The second kappa shape index (κ2) is 9.44.